The molecule has 1 aliphatic heterocycles. The van der Waals surface area contributed by atoms with Crippen molar-refractivity contribution < 1.29 is 18.0 Å². The molecule has 1 atom stereocenters. The second kappa shape index (κ2) is 8.18. The molecule has 150 valence electrons. The monoisotopic (exact) mass is 392 g/mol. The summed E-state index contributed by atoms with van der Waals surface area (Å²) in [5, 5.41) is 0. The van der Waals surface area contributed by atoms with Crippen LogP contribution >= 0.6 is 0 Å². The van der Waals surface area contributed by atoms with E-state index in [1.54, 1.807) is 37.0 Å². The van der Waals surface area contributed by atoms with E-state index in [4.69, 9.17) is 0 Å². The third-order valence-corrected chi connectivity index (χ3v) is 4.71. The van der Waals surface area contributed by atoms with Crippen molar-refractivity contribution in [2.75, 3.05) is 50.6 Å². The van der Waals surface area contributed by atoms with Crippen LogP contribution in [0.4, 0.5) is 24.7 Å². The summed E-state index contributed by atoms with van der Waals surface area (Å²) in [6.45, 7) is 0.707. The second-order valence-corrected chi connectivity index (χ2v) is 7.18. The summed E-state index contributed by atoms with van der Waals surface area (Å²) in [5.41, 5.74) is 0.700. The number of carbonyl (C=O) groups is 1. The van der Waals surface area contributed by atoms with Gasteiger partial charge in [0.25, 0.3) is 0 Å². The van der Waals surface area contributed by atoms with Gasteiger partial charge in [0.1, 0.15) is 17.8 Å². The molecule has 0 saturated carbocycles. The maximum atomic E-state index is 14.5. The van der Waals surface area contributed by atoms with Crippen molar-refractivity contribution in [2.45, 2.75) is 12.6 Å². The van der Waals surface area contributed by atoms with Gasteiger partial charge in [0.2, 0.25) is 5.91 Å². The molecule has 1 saturated heterocycles. The molecule has 1 amide bonds. The van der Waals surface area contributed by atoms with Crippen molar-refractivity contribution in [1.29, 1.82) is 0 Å². The van der Waals surface area contributed by atoms with Crippen LogP contribution in [0, 0.1) is 11.6 Å². The summed E-state index contributed by atoms with van der Waals surface area (Å²) in [6.07, 6.45) is 0.829. The van der Waals surface area contributed by atoms with Crippen molar-refractivity contribution in [2.24, 2.45) is 0 Å². The Morgan fingerprint density at radius 3 is 2.61 bits per heavy atom. The lowest BCUT2D eigenvalue weighted by atomic mass is 10.0. The normalized spacial score (nSPS) is 16.7. The molecule has 2 heterocycles. The van der Waals surface area contributed by atoms with E-state index in [0.717, 1.165) is 18.2 Å². The fourth-order valence-corrected chi connectivity index (χ4v) is 3.34. The predicted molar refractivity (Wildman–Crippen MR) is 103 cm³/mol. The molecule has 28 heavy (non-hydrogen) atoms. The molecule has 1 aromatic carbocycles. The highest BCUT2D eigenvalue weighted by atomic mass is 19.1. The zero-order chi connectivity index (χ0) is 20.4. The smallest absolute Gasteiger partial charge is 0.241 e. The quantitative estimate of drug-likeness (QED) is 0.784. The van der Waals surface area contributed by atoms with Crippen LogP contribution in [0.25, 0.3) is 11.1 Å². The van der Waals surface area contributed by atoms with E-state index >= 15 is 0 Å². The molecule has 0 spiro atoms. The summed E-state index contributed by atoms with van der Waals surface area (Å²) in [7, 11) is 5.09. The number of aromatic nitrogens is 1. The number of hydrogen-bond donors (Lipinski definition) is 0. The number of nitrogens with zero attached hydrogens (tertiary/aromatic N) is 4. The number of pyridine rings is 1. The van der Waals surface area contributed by atoms with Crippen LogP contribution < -0.4 is 9.80 Å². The van der Waals surface area contributed by atoms with Gasteiger partial charge in [-0.3, -0.25) is 4.79 Å². The zero-order valence-corrected chi connectivity index (χ0v) is 16.1. The van der Waals surface area contributed by atoms with E-state index in [9.17, 15) is 18.0 Å². The van der Waals surface area contributed by atoms with Crippen LogP contribution in [0.3, 0.4) is 0 Å². The standard InChI is InChI=1S/C20H23F3N4O/c1-25(2)12-18(28)26(3)19-15(16-10-13(21)4-5-17(16)23)6-8-24-20(19)27-9-7-14(22)11-27/h4-6,8,10,14H,7,9,11-12H2,1-3H3/t14-/m0/s1. The number of amides is 1. The molecule has 0 bridgehead atoms. The third kappa shape index (κ3) is 4.11. The number of benzene rings is 1. The Kier molecular flexibility index (Phi) is 5.88. The summed E-state index contributed by atoms with van der Waals surface area (Å²) in [6, 6.07) is 4.71. The van der Waals surface area contributed by atoms with Gasteiger partial charge in [0.15, 0.2) is 5.82 Å². The molecular weight excluding hydrogens is 369 g/mol. The fourth-order valence-electron chi connectivity index (χ4n) is 3.34. The molecule has 2 aromatic rings. The minimum Gasteiger partial charge on any atom is -0.352 e. The summed E-state index contributed by atoms with van der Waals surface area (Å²) >= 11 is 0. The van der Waals surface area contributed by atoms with Crippen molar-refractivity contribution in [3.63, 3.8) is 0 Å². The molecule has 1 fully saturated rings. The second-order valence-electron chi connectivity index (χ2n) is 7.18. The Hall–Kier alpha value is -2.61. The van der Waals surface area contributed by atoms with Crippen LogP contribution in [-0.4, -0.2) is 62.7 Å². The lowest BCUT2D eigenvalue weighted by Gasteiger charge is -2.28. The number of likely N-dealkylation sites (N-methyl/N-ethyl adjacent to an activating group) is 2. The number of hydrogen-bond acceptors (Lipinski definition) is 4. The van der Waals surface area contributed by atoms with Crippen molar-refractivity contribution in [3.8, 4) is 11.1 Å². The van der Waals surface area contributed by atoms with Gasteiger partial charge in [-0.15, -0.1) is 0 Å². The zero-order valence-electron chi connectivity index (χ0n) is 16.1. The minimum atomic E-state index is -0.994. The first-order chi connectivity index (χ1) is 13.3. The lowest BCUT2D eigenvalue weighted by Crippen LogP contribution is -2.36. The molecule has 8 heteroatoms. The van der Waals surface area contributed by atoms with Crippen LogP contribution in [0.5, 0.6) is 0 Å². The summed E-state index contributed by atoms with van der Waals surface area (Å²) in [5.74, 6) is -1.06. The highest BCUT2D eigenvalue weighted by Gasteiger charge is 2.29. The van der Waals surface area contributed by atoms with E-state index in [1.807, 2.05) is 0 Å². The predicted octanol–water partition coefficient (Wildman–Crippen LogP) is 3.10. The highest BCUT2D eigenvalue weighted by molar-refractivity contribution is 6.02. The molecule has 5 nitrogen and oxygen atoms in total. The first-order valence-corrected chi connectivity index (χ1v) is 9.02. The third-order valence-electron chi connectivity index (χ3n) is 4.71. The first-order valence-electron chi connectivity index (χ1n) is 9.02. The topological polar surface area (TPSA) is 39.7 Å². The van der Waals surface area contributed by atoms with E-state index in [-0.39, 0.29) is 24.6 Å². The molecule has 0 unspecified atom stereocenters. The highest BCUT2D eigenvalue weighted by Crippen LogP contribution is 2.39. The van der Waals surface area contributed by atoms with Gasteiger partial charge in [-0.25, -0.2) is 18.2 Å². The maximum absolute atomic E-state index is 14.5. The Labute approximate surface area is 162 Å². The van der Waals surface area contributed by atoms with E-state index in [0.29, 0.717) is 30.0 Å². The van der Waals surface area contributed by atoms with Gasteiger partial charge in [0, 0.05) is 30.9 Å². The minimum absolute atomic E-state index is 0.0270. The number of rotatable bonds is 5. The Bertz CT molecular complexity index is 875. The van der Waals surface area contributed by atoms with Crippen LogP contribution in [0.15, 0.2) is 30.5 Å². The van der Waals surface area contributed by atoms with Gasteiger partial charge in [-0.05, 0) is 44.8 Å². The van der Waals surface area contributed by atoms with Crippen molar-refractivity contribution in [1.82, 2.24) is 9.88 Å². The first kappa shape index (κ1) is 20.1. The summed E-state index contributed by atoms with van der Waals surface area (Å²) in [4.78, 5) is 21.9. The Balaban J connectivity index is 2.16. The molecule has 0 N–H and O–H groups in total. The van der Waals surface area contributed by atoms with Crippen molar-refractivity contribution >= 4 is 17.4 Å². The summed E-state index contributed by atoms with van der Waals surface area (Å²) < 4.78 is 42.1. The molecular formula is C20H23F3N4O. The average molecular weight is 392 g/mol. The number of carbonyl (C=O) groups excluding carboxylic acids is 1. The SMILES string of the molecule is CN(C)CC(=O)N(C)c1c(-c2cc(F)ccc2F)ccnc1N1CC[C@H](F)C1. The van der Waals surface area contributed by atoms with Gasteiger partial charge >= 0.3 is 0 Å². The van der Waals surface area contributed by atoms with Gasteiger partial charge in [-0.1, -0.05) is 0 Å². The lowest BCUT2D eigenvalue weighted by molar-refractivity contribution is -0.118. The molecule has 1 aromatic heterocycles. The van der Waals surface area contributed by atoms with E-state index in [1.165, 1.54) is 11.1 Å². The number of halogens is 3. The fraction of sp³-hybridized carbons (Fsp3) is 0.400. The van der Waals surface area contributed by atoms with Crippen molar-refractivity contribution in [3.05, 3.63) is 42.1 Å². The van der Waals surface area contributed by atoms with Gasteiger partial charge < -0.3 is 14.7 Å². The molecule has 1 aliphatic rings. The van der Waals surface area contributed by atoms with E-state index in [2.05, 4.69) is 4.98 Å². The van der Waals surface area contributed by atoms with Gasteiger partial charge in [-0.2, -0.15) is 0 Å². The molecule has 0 radical (unpaired) electrons. The Morgan fingerprint density at radius 2 is 1.96 bits per heavy atom. The van der Waals surface area contributed by atoms with Crippen LogP contribution in [0.2, 0.25) is 0 Å². The van der Waals surface area contributed by atoms with E-state index < -0.39 is 17.8 Å². The molecule has 3 rings (SSSR count). The van der Waals surface area contributed by atoms with Gasteiger partial charge in [0.05, 0.1) is 18.8 Å². The average Bonchev–Trinajstić information content (AvgIpc) is 3.08. The maximum Gasteiger partial charge on any atom is 0.241 e. The van der Waals surface area contributed by atoms with Crippen LogP contribution in [0.1, 0.15) is 6.42 Å². The van der Waals surface area contributed by atoms with Crippen LogP contribution in [-0.2, 0) is 4.79 Å². The number of anilines is 2. The number of alkyl halides is 1. The molecule has 0 aliphatic carbocycles. The largest absolute Gasteiger partial charge is 0.352 e. The Morgan fingerprint density at radius 1 is 1.21 bits per heavy atom.